The minimum Gasteiger partial charge on any atom is -0.496 e. The van der Waals surface area contributed by atoms with E-state index in [9.17, 15) is 5.11 Å². The second kappa shape index (κ2) is 4.01. The molecule has 0 spiro atoms. The molecule has 0 aromatic heterocycles. The molecule has 2 nitrogen and oxygen atoms in total. The number of para-hydroxylation sites is 1. The minimum atomic E-state index is -0.841. The van der Waals surface area contributed by atoms with Gasteiger partial charge in [-0.3, -0.25) is 0 Å². The Balaban J connectivity index is 3.17. The second-order valence-electron chi connectivity index (χ2n) is 4.00. The van der Waals surface area contributed by atoms with Gasteiger partial charge in [-0.05, 0) is 18.9 Å². The molecule has 0 aliphatic carbocycles. The number of aliphatic hydroxyl groups is 1. The highest BCUT2D eigenvalue weighted by atomic mass is 16.5. The van der Waals surface area contributed by atoms with Gasteiger partial charge in [0.15, 0.2) is 0 Å². The summed E-state index contributed by atoms with van der Waals surface area (Å²) in [5.74, 6) is 0.894. The highest BCUT2D eigenvalue weighted by molar-refractivity contribution is 5.37. The average molecular weight is 194 g/mol. The molecule has 0 bridgehead atoms. The largest absolute Gasteiger partial charge is 0.496 e. The van der Waals surface area contributed by atoms with Crippen molar-refractivity contribution in [2.24, 2.45) is 5.92 Å². The third-order valence-corrected chi connectivity index (χ3v) is 2.78. The van der Waals surface area contributed by atoms with Crippen molar-refractivity contribution >= 4 is 0 Å². The van der Waals surface area contributed by atoms with Crippen LogP contribution in [0.2, 0.25) is 0 Å². The molecule has 0 aliphatic rings. The van der Waals surface area contributed by atoms with Crippen molar-refractivity contribution in [2.45, 2.75) is 26.4 Å². The molecule has 0 amide bonds. The maximum absolute atomic E-state index is 10.3. The third-order valence-electron chi connectivity index (χ3n) is 2.78. The third kappa shape index (κ3) is 1.90. The van der Waals surface area contributed by atoms with Gasteiger partial charge in [0, 0.05) is 5.56 Å². The number of ether oxygens (including phenoxy) is 1. The summed E-state index contributed by atoms with van der Waals surface area (Å²) in [5, 5.41) is 10.3. The van der Waals surface area contributed by atoms with Gasteiger partial charge in [-0.1, -0.05) is 32.0 Å². The van der Waals surface area contributed by atoms with Gasteiger partial charge >= 0.3 is 0 Å². The van der Waals surface area contributed by atoms with Gasteiger partial charge < -0.3 is 9.84 Å². The Kier molecular flexibility index (Phi) is 3.17. The maximum atomic E-state index is 10.3. The summed E-state index contributed by atoms with van der Waals surface area (Å²) in [7, 11) is 1.62. The Morgan fingerprint density at radius 3 is 2.36 bits per heavy atom. The molecule has 0 saturated carbocycles. The van der Waals surface area contributed by atoms with Gasteiger partial charge in [0.05, 0.1) is 12.7 Å². The fraction of sp³-hybridized carbons (Fsp3) is 0.500. The number of hydrogen-bond acceptors (Lipinski definition) is 2. The molecule has 0 radical (unpaired) electrons. The topological polar surface area (TPSA) is 29.5 Å². The highest BCUT2D eigenvalue weighted by Gasteiger charge is 2.29. The quantitative estimate of drug-likeness (QED) is 0.801. The number of benzene rings is 1. The molecule has 0 aliphatic heterocycles. The van der Waals surface area contributed by atoms with Gasteiger partial charge in [0.2, 0.25) is 0 Å². The molecule has 1 aromatic rings. The zero-order valence-corrected chi connectivity index (χ0v) is 9.24. The number of methoxy groups -OCH3 is 1. The van der Waals surface area contributed by atoms with Gasteiger partial charge in [-0.2, -0.15) is 0 Å². The molecular weight excluding hydrogens is 176 g/mol. The van der Waals surface area contributed by atoms with E-state index in [1.807, 2.05) is 45.0 Å². The summed E-state index contributed by atoms with van der Waals surface area (Å²) >= 11 is 0. The summed E-state index contributed by atoms with van der Waals surface area (Å²) in [6, 6.07) is 7.58. The fourth-order valence-corrected chi connectivity index (χ4v) is 1.37. The van der Waals surface area contributed by atoms with E-state index >= 15 is 0 Å². The summed E-state index contributed by atoms with van der Waals surface area (Å²) in [5.41, 5.74) is 0.00424. The van der Waals surface area contributed by atoms with Crippen molar-refractivity contribution in [3.63, 3.8) is 0 Å². The van der Waals surface area contributed by atoms with Crippen molar-refractivity contribution in [1.82, 2.24) is 0 Å². The van der Waals surface area contributed by atoms with Crippen LogP contribution in [0.5, 0.6) is 5.75 Å². The van der Waals surface area contributed by atoms with Crippen LogP contribution in [0.1, 0.15) is 26.3 Å². The van der Waals surface area contributed by atoms with E-state index < -0.39 is 5.60 Å². The minimum absolute atomic E-state index is 0.152. The van der Waals surface area contributed by atoms with Gasteiger partial charge in [-0.15, -0.1) is 0 Å². The van der Waals surface area contributed by atoms with E-state index in [-0.39, 0.29) is 5.92 Å². The summed E-state index contributed by atoms with van der Waals surface area (Å²) < 4.78 is 5.22. The first-order valence-corrected chi connectivity index (χ1v) is 4.86. The lowest BCUT2D eigenvalue weighted by Gasteiger charge is -2.29. The first-order valence-electron chi connectivity index (χ1n) is 4.86. The van der Waals surface area contributed by atoms with Crippen LogP contribution < -0.4 is 4.74 Å². The molecule has 0 saturated heterocycles. The van der Waals surface area contributed by atoms with Crippen LogP contribution in [0, 0.1) is 5.92 Å². The zero-order chi connectivity index (χ0) is 10.8. The molecule has 0 heterocycles. The highest BCUT2D eigenvalue weighted by Crippen LogP contribution is 2.34. The van der Waals surface area contributed by atoms with E-state index in [1.54, 1.807) is 7.11 Å². The van der Waals surface area contributed by atoms with Crippen LogP contribution in [0.15, 0.2) is 24.3 Å². The van der Waals surface area contributed by atoms with Crippen molar-refractivity contribution < 1.29 is 9.84 Å². The van der Waals surface area contributed by atoms with Gasteiger partial charge in [0.25, 0.3) is 0 Å². The second-order valence-corrected chi connectivity index (χ2v) is 4.00. The predicted molar refractivity (Wildman–Crippen MR) is 57.4 cm³/mol. The monoisotopic (exact) mass is 194 g/mol. The Morgan fingerprint density at radius 2 is 1.86 bits per heavy atom. The van der Waals surface area contributed by atoms with E-state index in [1.165, 1.54) is 0 Å². The maximum Gasteiger partial charge on any atom is 0.124 e. The van der Waals surface area contributed by atoms with E-state index in [2.05, 4.69) is 0 Å². The van der Waals surface area contributed by atoms with Crippen LogP contribution in [0.25, 0.3) is 0 Å². The van der Waals surface area contributed by atoms with Crippen molar-refractivity contribution in [3.8, 4) is 5.75 Å². The summed E-state index contributed by atoms with van der Waals surface area (Å²) in [4.78, 5) is 0. The van der Waals surface area contributed by atoms with E-state index in [4.69, 9.17) is 4.74 Å². The number of rotatable bonds is 3. The molecule has 0 fully saturated rings. The lowest BCUT2D eigenvalue weighted by Crippen LogP contribution is -2.28. The van der Waals surface area contributed by atoms with Crippen molar-refractivity contribution in [1.29, 1.82) is 0 Å². The van der Waals surface area contributed by atoms with Crippen LogP contribution in [-0.4, -0.2) is 12.2 Å². The Morgan fingerprint density at radius 1 is 1.29 bits per heavy atom. The predicted octanol–water partition coefficient (Wildman–Crippen LogP) is 2.56. The Bertz CT molecular complexity index is 303. The van der Waals surface area contributed by atoms with Gasteiger partial charge in [0.1, 0.15) is 5.75 Å². The first-order chi connectivity index (χ1) is 6.50. The summed E-state index contributed by atoms with van der Waals surface area (Å²) in [6.07, 6.45) is 0. The lowest BCUT2D eigenvalue weighted by atomic mass is 9.85. The molecule has 1 aromatic carbocycles. The Labute approximate surface area is 85.5 Å². The van der Waals surface area contributed by atoms with Crippen LogP contribution in [-0.2, 0) is 5.60 Å². The SMILES string of the molecule is COc1ccccc1[C@@](C)(O)C(C)C. The van der Waals surface area contributed by atoms with Gasteiger partial charge in [-0.25, -0.2) is 0 Å². The molecular formula is C12H18O2. The van der Waals surface area contributed by atoms with E-state index in [0.717, 1.165) is 11.3 Å². The normalized spacial score (nSPS) is 15.3. The standard InChI is InChI=1S/C12H18O2/c1-9(2)12(3,13)10-7-5-6-8-11(10)14-4/h5-9,13H,1-4H3/t12-/m0/s1. The van der Waals surface area contributed by atoms with Crippen molar-refractivity contribution in [2.75, 3.05) is 7.11 Å². The molecule has 14 heavy (non-hydrogen) atoms. The van der Waals surface area contributed by atoms with Crippen LogP contribution >= 0.6 is 0 Å². The average Bonchev–Trinajstić information content (AvgIpc) is 2.17. The number of hydrogen-bond donors (Lipinski definition) is 1. The molecule has 1 atom stereocenters. The van der Waals surface area contributed by atoms with E-state index in [0.29, 0.717) is 0 Å². The smallest absolute Gasteiger partial charge is 0.124 e. The molecule has 1 N–H and O–H groups in total. The molecule has 0 unspecified atom stereocenters. The Hall–Kier alpha value is -1.02. The summed E-state index contributed by atoms with van der Waals surface area (Å²) in [6.45, 7) is 5.80. The molecule has 78 valence electrons. The molecule has 1 rings (SSSR count). The van der Waals surface area contributed by atoms with Crippen LogP contribution in [0.4, 0.5) is 0 Å². The lowest BCUT2D eigenvalue weighted by molar-refractivity contribution is 0.00696. The first kappa shape index (κ1) is 11.1. The van der Waals surface area contributed by atoms with Crippen molar-refractivity contribution in [3.05, 3.63) is 29.8 Å². The van der Waals surface area contributed by atoms with Crippen LogP contribution in [0.3, 0.4) is 0 Å². The zero-order valence-electron chi connectivity index (χ0n) is 9.24. The fourth-order valence-electron chi connectivity index (χ4n) is 1.37. The molecule has 2 heteroatoms.